The third-order valence-corrected chi connectivity index (χ3v) is 3.71. The average Bonchev–Trinajstić information content (AvgIpc) is 2.21. The van der Waals surface area contributed by atoms with E-state index in [9.17, 15) is 0 Å². The Labute approximate surface area is 105 Å². The SMILES string of the molecule is CC1(C)N=C(Br)c2cc(Cl)cc(Br)c21. The molecule has 0 aliphatic carbocycles. The minimum absolute atomic E-state index is 0.183. The Hall–Kier alpha value is 0.140. The minimum Gasteiger partial charge on any atom is -0.266 e. The molecular formula is C10H8Br2ClN. The van der Waals surface area contributed by atoms with E-state index in [1.807, 2.05) is 12.1 Å². The van der Waals surface area contributed by atoms with Gasteiger partial charge in [-0.25, -0.2) is 0 Å². The van der Waals surface area contributed by atoms with Gasteiger partial charge in [-0.05, 0) is 41.9 Å². The summed E-state index contributed by atoms with van der Waals surface area (Å²) in [4.78, 5) is 4.54. The highest BCUT2D eigenvalue weighted by Gasteiger charge is 2.32. The van der Waals surface area contributed by atoms with Crippen molar-refractivity contribution in [1.82, 2.24) is 0 Å². The van der Waals surface area contributed by atoms with Crippen LogP contribution >= 0.6 is 43.5 Å². The maximum absolute atomic E-state index is 5.98. The van der Waals surface area contributed by atoms with Crippen molar-refractivity contribution in [2.24, 2.45) is 4.99 Å². The maximum atomic E-state index is 5.98. The van der Waals surface area contributed by atoms with Gasteiger partial charge < -0.3 is 0 Å². The van der Waals surface area contributed by atoms with Crippen molar-refractivity contribution in [3.05, 3.63) is 32.8 Å². The summed E-state index contributed by atoms with van der Waals surface area (Å²) in [5, 5.41) is 0.723. The number of benzene rings is 1. The van der Waals surface area contributed by atoms with Gasteiger partial charge in [0.2, 0.25) is 0 Å². The van der Waals surface area contributed by atoms with Gasteiger partial charge in [-0.3, -0.25) is 4.99 Å². The molecular weight excluding hydrogens is 329 g/mol. The van der Waals surface area contributed by atoms with Crippen LogP contribution in [0, 0.1) is 0 Å². The van der Waals surface area contributed by atoms with E-state index >= 15 is 0 Å². The van der Waals surface area contributed by atoms with Crippen molar-refractivity contribution in [3.63, 3.8) is 0 Å². The molecule has 2 rings (SSSR count). The number of aliphatic imine (C=N–C) groups is 1. The van der Waals surface area contributed by atoms with Crippen LogP contribution in [0.4, 0.5) is 0 Å². The first-order chi connectivity index (χ1) is 6.42. The average molecular weight is 337 g/mol. The van der Waals surface area contributed by atoms with Crippen LogP contribution in [0.1, 0.15) is 25.0 Å². The summed E-state index contributed by atoms with van der Waals surface area (Å²) in [5.74, 6) is 0. The van der Waals surface area contributed by atoms with Gasteiger partial charge >= 0.3 is 0 Å². The molecule has 1 nitrogen and oxygen atoms in total. The third-order valence-electron chi connectivity index (χ3n) is 2.27. The van der Waals surface area contributed by atoms with Crippen LogP contribution in [0.3, 0.4) is 0 Å². The Balaban J connectivity index is 2.76. The molecule has 0 atom stereocenters. The zero-order valence-corrected chi connectivity index (χ0v) is 11.7. The summed E-state index contributed by atoms with van der Waals surface area (Å²) >= 11 is 13.0. The normalized spacial score (nSPS) is 17.9. The van der Waals surface area contributed by atoms with Crippen LogP contribution < -0.4 is 0 Å². The molecule has 1 heterocycles. The largest absolute Gasteiger partial charge is 0.266 e. The molecule has 0 spiro atoms. The molecule has 0 radical (unpaired) electrons. The molecule has 14 heavy (non-hydrogen) atoms. The van der Waals surface area contributed by atoms with Gasteiger partial charge in [-0.1, -0.05) is 27.5 Å². The zero-order chi connectivity index (χ0) is 10.5. The Morgan fingerprint density at radius 2 is 1.93 bits per heavy atom. The van der Waals surface area contributed by atoms with Crippen molar-refractivity contribution in [1.29, 1.82) is 0 Å². The van der Waals surface area contributed by atoms with E-state index in [-0.39, 0.29) is 5.54 Å². The number of hydrogen-bond donors (Lipinski definition) is 0. The molecule has 0 aromatic heterocycles. The van der Waals surface area contributed by atoms with Crippen molar-refractivity contribution < 1.29 is 0 Å². The quantitative estimate of drug-likeness (QED) is 0.661. The molecule has 74 valence electrons. The second kappa shape index (κ2) is 3.32. The van der Waals surface area contributed by atoms with Gasteiger partial charge in [0.1, 0.15) is 4.62 Å². The number of nitrogens with zero attached hydrogens (tertiary/aromatic N) is 1. The standard InChI is InChI=1S/C10H8Br2ClN/c1-10(2)8-6(9(12)14-10)3-5(13)4-7(8)11/h3-4H,1-2H3. The number of halogens is 3. The molecule has 4 heteroatoms. The number of rotatable bonds is 0. The summed E-state index contributed by atoms with van der Waals surface area (Å²) in [7, 11) is 0. The Bertz CT molecular complexity index is 438. The molecule has 0 N–H and O–H groups in total. The second-order valence-electron chi connectivity index (χ2n) is 3.77. The summed E-state index contributed by atoms with van der Waals surface area (Å²) < 4.78 is 1.89. The van der Waals surface area contributed by atoms with Crippen LogP contribution in [0.2, 0.25) is 5.02 Å². The lowest BCUT2D eigenvalue weighted by Gasteiger charge is -2.17. The predicted octanol–water partition coefficient (Wildman–Crippen LogP) is 4.49. The van der Waals surface area contributed by atoms with E-state index in [1.54, 1.807) is 0 Å². The van der Waals surface area contributed by atoms with Crippen LogP contribution in [-0.4, -0.2) is 4.62 Å². The molecule has 0 saturated heterocycles. The van der Waals surface area contributed by atoms with Gasteiger partial charge in [0.25, 0.3) is 0 Å². The second-order valence-corrected chi connectivity index (χ2v) is 5.81. The first-order valence-electron chi connectivity index (χ1n) is 4.17. The van der Waals surface area contributed by atoms with E-state index in [4.69, 9.17) is 11.6 Å². The lowest BCUT2D eigenvalue weighted by molar-refractivity contribution is 0.570. The molecule has 0 unspecified atom stereocenters. The van der Waals surface area contributed by atoms with E-state index in [2.05, 4.69) is 50.7 Å². The van der Waals surface area contributed by atoms with E-state index in [0.717, 1.165) is 19.7 Å². The lowest BCUT2D eigenvalue weighted by Crippen LogP contribution is -2.11. The highest BCUT2D eigenvalue weighted by atomic mass is 79.9. The highest BCUT2D eigenvalue weighted by Crippen LogP contribution is 2.42. The number of fused-ring (bicyclic) bond motifs is 1. The van der Waals surface area contributed by atoms with Gasteiger partial charge in [-0.2, -0.15) is 0 Å². The van der Waals surface area contributed by atoms with Crippen LogP contribution in [0.25, 0.3) is 0 Å². The molecule has 0 saturated carbocycles. The van der Waals surface area contributed by atoms with Crippen LogP contribution in [-0.2, 0) is 5.54 Å². The predicted molar refractivity (Wildman–Crippen MR) is 67.6 cm³/mol. The third kappa shape index (κ3) is 1.55. The van der Waals surface area contributed by atoms with Gasteiger partial charge in [0.15, 0.2) is 0 Å². The monoisotopic (exact) mass is 335 g/mol. The van der Waals surface area contributed by atoms with E-state index in [1.165, 1.54) is 5.56 Å². The molecule has 1 aromatic carbocycles. The molecule has 0 bridgehead atoms. The lowest BCUT2D eigenvalue weighted by atomic mass is 9.94. The molecule has 1 aliphatic heterocycles. The summed E-state index contributed by atoms with van der Waals surface area (Å²) in [6, 6.07) is 3.84. The molecule has 1 aromatic rings. The van der Waals surface area contributed by atoms with Gasteiger partial charge in [-0.15, -0.1) is 0 Å². The first-order valence-corrected chi connectivity index (χ1v) is 6.13. The van der Waals surface area contributed by atoms with Crippen molar-refractivity contribution >= 4 is 48.1 Å². The van der Waals surface area contributed by atoms with Crippen LogP contribution in [0.5, 0.6) is 0 Å². The van der Waals surface area contributed by atoms with Gasteiger partial charge in [0, 0.05) is 20.6 Å². The molecule has 1 aliphatic rings. The van der Waals surface area contributed by atoms with Crippen molar-refractivity contribution in [2.75, 3.05) is 0 Å². The topological polar surface area (TPSA) is 12.4 Å². The highest BCUT2D eigenvalue weighted by molar-refractivity contribution is 9.18. The maximum Gasteiger partial charge on any atom is 0.109 e. The summed E-state index contributed by atoms with van der Waals surface area (Å²) in [6.45, 7) is 4.16. The Morgan fingerprint density at radius 3 is 2.57 bits per heavy atom. The van der Waals surface area contributed by atoms with Crippen molar-refractivity contribution in [3.8, 4) is 0 Å². The fourth-order valence-corrected chi connectivity index (χ4v) is 3.77. The molecule has 0 amide bonds. The minimum atomic E-state index is -0.183. The van der Waals surface area contributed by atoms with Gasteiger partial charge in [0.05, 0.1) is 5.54 Å². The van der Waals surface area contributed by atoms with E-state index < -0.39 is 0 Å². The zero-order valence-electron chi connectivity index (χ0n) is 7.74. The Kier molecular flexibility index (Phi) is 2.53. The summed E-state index contributed by atoms with van der Waals surface area (Å²) in [5.41, 5.74) is 2.08. The smallest absolute Gasteiger partial charge is 0.109 e. The Morgan fingerprint density at radius 1 is 1.29 bits per heavy atom. The summed E-state index contributed by atoms with van der Waals surface area (Å²) in [6.07, 6.45) is 0. The van der Waals surface area contributed by atoms with Crippen molar-refractivity contribution in [2.45, 2.75) is 19.4 Å². The molecule has 0 fully saturated rings. The first kappa shape index (κ1) is 10.7. The van der Waals surface area contributed by atoms with E-state index in [0.29, 0.717) is 0 Å². The fraction of sp³-hybridized carbons (Fsp3) is 0.300. The fourth-order valence-electron chi connectivity index (χ4n) is 1.72. The van der Waals surface area contributed by atoms with Crippen LogP contribution in [0.15, 0.2) is 21.6 Å². The number of hydrogen-bond acceptors (Lipinski definition) is 1.